The molecule has 8 heteroatoms. The number of fused-ring (bicyclic) bond motifs is 1. The van der Waals surface area contributed by atoms with E-state index in [1.165, 1.54) is 13.1 Å². The maximum absolute atomic E-state index is 12.5. The molecule has 0 saturated heterocycles. The van der Waals surface area contributed by atoms with Gasteiger partial charge in [-0.25, -0.2) is 19.7 Å². The van der Waals surface area contributed by atoms with Gasteiger partial charge >= 0.3 is 5.97 Å². The van der Waals surface area contributed by atoms with Gasteiger partial charge in [0.05, 0.1) is 18.2 Å². The summed E-state index contributed by atoms with van der Waals surface area (Å²) in [5, 5.41) is 11.2. The Morgan fingerprint density at radius 2 is 2.12 bits per heavy atom. The number of hydrogen-bond donors (Lipinski definition) is 1. The predicted molar refractivity (Wildman–Crippen MR) is 118 cm³/mol. The summed E-state index contributed by atoms with van der Waals surface area (Å²) in [5.41, 5.74) is 0.610. The summed E-state index contributed by atoms with van der Waals surface area (Å²) in [6.45, 7) is 5.27. The second kappa shape index (κ2) is 8.29. The molecule has 3 heterocycles. The maximum Gasteiger partial charge on any atom is 0.357 e. The largest absolute Gasteiger partial charge is 0.461 e. The van der Waals surface area contributed by atoms with Crippen molar-refractivity contribution in [1.82, 2.24) is 19.5 Å². The van der Waals surface area contributed by atoms with Crippen LogP contribution in [0.15, 0.2) is 47.1 Å². The van der Waals surface area contributed by atoms with Crippen molar-refractivity contribution < 1.29 is 19.1 Å². The van der Waals surface area contributed by atoms with Gasteiger partial charge in [0.2, 0.25) is 5.89 Å². The summed E-state index contributed by atoms with van der Waals surface area (Å²) in [6, 6.07) is 9.04. The quantitative estimate of drug-likeness (QED) is 0.391. The number of aromatic nitrogens is 4. The van der Waals surface area contributed by atoms with E-state index in [2.05, 4.69) is 26.8 Å². The molecule has 4 aromatic rings. The fraction of sp³-hybridized carbons (Fsp3) is 0.250. The molecule has 0 amide bonds. The topological polar surface area (TPSA) is 103 Å². The number of oxazole rings is 1. The van der Waals surface area contributed by atoms with Gasteiger partial charge in [-0.1, -0.05) is 24.0 Å². The number of benzene rings is 1. The monoisotopic (exact) mass is 430 g/mol. The summed E-state index contributed by atoms with van der Waals surface area (Å²) in [7, 11) is 1.85. The zero-order chi connectivity index (χ0) is 22.9. The van der Waals surface area contributed by atoms with E-state index in [-0.39, 0.29) is 18.2 Å². The lowest BCUT2D eigenvalue weighted by Gasteiger charge is -2.11. The Bertz CT molecular complexity index is 1370. The maximum atomic E-state index is 12.5. The molecule has 1 N–H and O–H groups in total. The molecule has 0 aliphatic carbocycles. The summed E-state index contributed by atoms with van der Waals surface area (Å²) in [4.78, 5) is 25.6. The van der Waals surface area contributed by atoms with Crippen LogP contribution in [0.1, 0.15) is 41.6 Å². The normalized spacial score (nSPS) is 12.8. The first-order chi connectivity index (χ1) is 15.3. The third kappa shape index (κ3) is 4.11. The van der Waals surface area contributed by atoms with E-state index in [0.717, 1.165) is 0 Å². The highest BCUT2D eigenvalue weighted by atomic mass is 16.5. The Morgan fingerprint density at radius 3 is 2.84 bits per heavy atom. The van der Waals surface area contributed by atoms with Gasteiger partial charge in [0.1, 0.15) is 11.4 Å². The average Bonchev–Trinajstić information content (AvgIpc) is 3.38. The van der Waals surface area contributed by atoms with Gasteiger partial charge in [0.15, 0.2) is 17.1 Å². The molecule has 162 valence electrons. The molecular formula is C24H22N4O4. The number of ether oxygens (including phenoxy) is 1. The molecule has 0 unspecified atom stereocenters. The van der Waals surface area contributed by atoms with Crippen molar-refractivity contribution in [2.75, 3.05) is 6.61 Å². The van der Waals surface area contributed by atoms with Crippen LogP contribution in [-0.4, -0.2) is 37.2 Å². The molecule has 0 aliphatic heterocycles. The molecule has 1 atom stereocenters. The van der Waals surface area contributed by atoms with Crippen LogP contribution >= 0.6 is 0 Å². The van der Waals surface area contributed by atoms with Gasteiger partial charge in [-0.2, -0.15) is 0 Å². The van der Waals surface area contributed by atoms with Gasteiger partial charge < -0.3 is 18.8 Å². The van der Waals surface area contributed by atoms with E-state index < -0.39 is 11.6 Å². The van der Waals surface area contributed by atoms with E-state index in [1.54, 1.807) is 32.0 Å². The standard InChI is InChI=1S/C24H22N4O4/c1-5-31-22(29)19-18-10-12-28(4)21(18)27-20(26-19)17-8-6-7-16(13-17)9-11-24(3,30)23-25-14-15(2)32-23/h6-8,10,12-14,30H,5H2,1-4H3/t24-/m0/s1. The molecule has 0 saturated carbocycles. The lowest BCUT2D eigenvalue weighted by molar-refractivity contribution is 0.0522. The number of carbonyl (C=O) groups excluding carboxylic acids is 1. The van der Waals surface area contributed by atoms with Gasteiger partial charge in [-0.3, -0.25) is 0 Å². The molecule has 3 aromatic heterocycles. The second-order valence-corrected chi connectivity index (χ2v) is 7.46. The Morgan fingerprint density at radius 1 is 1.31 bits per heavy atom. The molecular weight excluding hydrogens is 408 g/mol. The number of aliphatic hydroxyl groups is 1. The van der Waals surface area contributed by atoms with Crippen LogP contribution in [0, 0.1) is 18.8 Å². The van der Waals surface area contributed by atoms with Crippen molar-refractivity contribution in [1.29, 1.82) is 0 Å². The van der Waals surface area contributed by atoms with Crippen molar-refractivity contribution >= 4 is 17.0 Å². The van der Waals surface area contributed by atoms with E-state index in [0.29, 0.717) is 33.7 Å². The van der Waals surface area contributed by atoms with E-state index in [9.17, 15) is 9.90 Å². The minimum Gasteiger partial charge on any atom is -0.461 e. The van der Waals surface area contributed by atoms with Gasteiger partial charge in [0, 0.05) is 24.4 Å². The Kier molecular flexibility index (Phi) is 5.51. The first-order valence-corrected chi connectivity index (χ1v) is 10.1. The highest BCUT2D eigenvalue weighted by Gasteiger charge is 2.26. The van der Waals surface area contributed by atoms with Crippen LogP contribution in [0.4, 0.5) is 0 Å². The van der Waals surface area contributed by atoms with Crippen molar-refractivity contribution in [3.05, 3.63) is 65.6 Å². The lowest BCUT2D eigenvalue weighted by Crippen LogP contribution is -2.18. The van der Waals surface area contributed by atoms with Crippen LogP contribution in [0.25, 0.3) is 22.4 Å². The van der Waals surface area contributed by atoms with Crippen molar-refractivity contribution in [2.45, 2.75) is 26.4 Å². The second-order valence-electron chi connectivity index (χ2n) is 7.46. The zero-order valence-corrected chi connectivity index (χ0v) is 18.2. The van der Waals surface area contributed by atoms with Crippen LogP contribution in [0.2, 0.25) is 0 Å². The van der Waals surface area contributed by atoms with Crippen molar-refractivity contribution in [3.63, 3.8) is 0 Å². The van der Waals surface area contributed by atoms with Crippen molar-refractivity contribution in [3.8, 4) is 23.2 Å². The van der Waals surface area contributed by atoms with Gasteiger partial charge in [0.25, 0.3) is 0 Å². The Labute approximate surface area is 184 Å². The molecule has 0 bridgehead atoms. The molecule has 0 radical (unpaired) electrons. The van der Waals surface area contributed by atoms with E-state index in [4.69, 9.17) is 9.15 Å². The number of carbonyl (C=O) groups is 1. The summed E-state index contributed by atoms with van der Waals surface area (Å²) in [6.07, 6.45) is 3.35. The van der Waals surface area contributed by atoms with Gasteiger partial charge in [-0.05, 0) is 39.0 Å². The molecule has 0 spiro atoms. The van der Waals surface area contributed by atoms with Crippen LogP contribution in [0.3, 0.4) is 0 Å². The molecule has 0 aliphatic rings. The average molecular weight is 430 g/mol. The number of esters is 1. The third-order valence-electron chi connectivity index (χ3n) is 4.80. The minimum absolute atomic E-state index is 0.134. The number of hydrogen-bond acceptors (Lipinski definition) is 7. The first-order valence-electron chi connectivity index (χ1n) is 10.1. The first kappa shape index (κ1) is 21.3. The van der Waals surface area contributed by atoms with Gasteiger partial charge in [-0.15, -0.1) is 0 Å². The third-order valence-corrected chi connectivity index (χ3v) is 4.80. The SMILES string of the molecule is CCOC(=O)c1nc(-c2cccc(C#C[C@](C)(O)c3ncc(C)o3)c2)nc2c1ccn2C. The smallest absolute Gasteiger partial charge is 0.357 e. The summed E-state index contributed by atoms with van der Waals surface area (Å²) < 4.78 is 12.4. The highest BCUT2D eigenvalue weighted by molar-refractivity contribution is 6.01. The number of rotatable bonds is 4. The Hall–Kier alpha value is -3.96. The zero-order valence-electron chi connectivity index (χ0n) is 18.2. The van der Waals surface area contributed by atoms with Crippen LogP contribution in [-0.2, 0) is 17.4 Å². The molecule has 8 nitrogen and oxygen atoms in total. The summed E-state index contributed by atoms with van der Waals surface area (Å²) >= 11 is 0. The van der Waals surface area contributed by atoms with Crippen LogP contribution in [0.5, 0.6) is 0 Å². The number of aryl methyl sites for hydroxylation is 2. The highest BCUT2D eigenvalue weighted by Crippen LogP contribution is 2.24. The minimum atomic E-state index is -1.54. The van der Waals surface area contributed by atoms with E-state index in [1.807, 2.05) is 29.9 Å². The van der Waals surface area contributed by atoms with Crippen molar-refractivity contribution in [2.24, 2.45) is 7.05 Å². The molecule has 4 rings (SSSR count). The number of nitrogens with zero attached hydrogens (tertiary/aromatic N) is 4. The summed E-state index contributed by atoms with van der Waals surface area (Å²) in [5.74, 6) is 6.35. The molecule has 32 heavy (non-hydrogen) atoms. The predicted octanol–water partition coefficient (Wildman–Crippen LogP) is 3.37. The fourth-order valence-corrected chi connectivity index (χ4v) is 3.18. The molecule has 0 fully saturated rings. The van der Waals surface area contributed by atoms with Crippen LogP contribution < -0.4 is 0 Å². The Balaban J connectivity index is 1.74. The lowest BCUT2D eigenvalue weighted by atomic mass is 10.1. The van der Waals surface area contributed by atoms with E-state index >= 15 is 0 Å². The molecule has 1 aromatic carbocycles. The fourth-order valence-electron chi connectivity index (χ4n) is 3.18.